The molecule has 2 aromatic heterocycles. The van der Waals surface area contributed by atoms with E-state index in [0.29, 0.717) is 29.7 Å². The summed E-state index contributed by atoms with van der Waals surface area (Å²) in [7, 11) is 0. The Balaban J connectivity index is 1.61. The van der Waals surface area contributed by atoms with Crippen LogP contribution >= 0.6 is 11.8 Å². The van der Waals surface area contributed by atoms with Crippen LogP contribution in [0.1, 0.15) is 23.9 Å². The Morgan fingerprint density at radius 1 is 1.00 bits per heavy atom. The number of aryl methyl sites for hydroxylation is 1. The monoisotopic (exact) mass is 399 g/mol. The van der Waals surface area contributed by atoms with Gasteiger partial charge in [0.15, 0.2) is 16.6 Å². The second kappa shape index (κ2) is 6.54. The minimum absolute atomic E-state index is 0.146. The second-order valence-corrected chi connectivity index (χ2v) is 8.26. The largest absolute Gasteiger partial charge is 0.453 e. The number of amidine groups is 1. The first-order valence-electron chi connectivity index (χ1n) is 8.76. The average molecular weight is 399 g/mol. The van der Waals surface area contributed by atoms with E-state index < -0.39 is 12.0 Å². The van der Waals surface area contributed by atoms with E-state index in [0.717, 1.165) is 34.9 Å². The van der Waals surface area contributed by atoms with E-state index in [9.17, 15) is 13.2 Å². The Labute approximate surface area is 158 Å². The van der Waals surface area contributed by atoms with E-state index in [-0.39, 0.29) is 5.65 Å². The van der Waals surface area contributed by atoms with Crippen LogP contribution in [0.4, 0.5) is 19.0 Å². The molecule has 7 nitrogen and oxygen atoms in total. The van der Waals surface area contributed by atoms with Crippen molar-refractivity contribution in [2.75, 3.05) is 37.6 Å². The molecule has 0 saturated carbocycles. The number of thioether (sulfide) groups is 1. The molecule has 1 unspecified atom stereocenters. The zero-order valence-corrected chi connectivity index (χ0v) is 16.1. The number of piperazine rings is 1. The molecule has 0 aliphatic carbocycles. The minimum Gasteiger partial charge on any atom is -0.351 e. The van der Waals surface area contributed by atoms with E-state index in [4.69, 9.17) is 0 Å². The van der Waals surface area contributed by atoms with Crippen molar-refractivity contribution < 1.29 is 13.2 Å². The summed E-state index contributed by atoms with van der Waals surface area (Å²) in [6.45, 7) is 9.50. The topological polar surface area (TPSA) is 61.9 Å². The van der Waals surface area contributed by atoms with Crippen LogP contribution < -0.4 is 4.90 Å². The molecule has 0 N–H and O–H groups in total. The molecule has 2 aliphatic rings. The molecule has 0 bridgehead atoms. The molecule has 4 heterocycles. The van der Waals surface area contributed by atoms with Crippen LogP contribution in [-0.2, 0) is 6.18 Å². The molecule has 1 fully saturated rings. The molecule has 2 aliphatic heterocycles. The highest BCUT2D eigenvalue weighted by atomic mass is 32.2. The van der Waals surface area contributed by atoms with Gasteiger partial charge in [-0.15, -0.1) is 15.3 Å². The number of halogens is 3. The first-order valence-corrected chi connectivity index (χ1v) is 9.64. The first kappa shape index (κ1) is 18.3. The van der Waals surface area contributed by atoms with Gasteiger partial charge in [0.1, 0.15) is 0 Å². The average Bonchev–Trinajstić information content (AvgIpc) is 3.24. The third-order valence-corrected chi connectivity index (χ3v) is 6.11. The number of anilines is 1. The van der Waals surface area contributed by atoms with Gasteiger partial charge in [-0.05, 0) is 13.8 Å². The fourth-order valence-electron chi connectivity index (χ4n) is 3.34. The van der Waals surface area contributed by atoms with E-state index >= 15 is 0 Å². The summed E-state index contributed by atoms with van der Waals surface area (Å²) < 4.78 is 40.5. The number of fused-ring (bicyclic) bond motifs is 1. The maximum absolute atomic E-state index is 13.2. The molecule has 27 heavy (non-hydrogen) atoms. The summed E-state index contributed by atoms with van der Waals surface area (Å²) in [5.74, 6) is -0.537. The van der Waals surface area contributed by atoms with Crippen LogP contribution in [0.25, 0.3) is 5.65 Å². The van der Waals surface area contributed by atoms with Crippen LogP contribution in [0.15, 0.2) is 4.99 Å². The Kier molecular flexibility index (Phi) is 4.44. The number of aromatic nitrogens is 4. The zero-order valence-electron chi connectivity index (χ0n) is 15.3. The van der Waals surface area contributed by atoms with Gasteiger partial charge in [-0.2, -0.15) is 17.7 Å². The van der Waals surface area contributed by atoms with E-state index in [1.54, 1.807) is 18.7 Å². The number of aliphatic imine (C=N–C) groups is 1. The summed E-state index contributed by atoms with van der Waals surface area (Å²) in [5.41, 5.74) is 1.64. The van der Waals surface area contributed by atoms with Crippen molar-refractivity contribution in [3.05, 3.63) is 17.0 Å². The van der Waals surface area contributed by atoms with Crippen molar-refractivity contribution >= 4 is 28.4 Å². The number of hydrogen-bond donors (Lipinski definition) is 0. The quantitative estimate of drug-likeness (QED) is 0.734. The van der Waals surface area contributed by atoms with Gasteiger partial charge in [0.2, 0.25) is 0 Å². The molecule has 0 spiro atoms. The fraction of sp³-hybridized carbons (Fsp3) is 0.625. The number of alkyl halides is 3. The first-order chi connectivity index (χ1) is 12.8. The predicted octanol–water partition coefficient (Wildman–Crippen LogP) is 2.37. The maximum Gasteiger partial charge on any atom is 0.453 e. The Morgan fingerprint density at radius 2 is 1.67 bits per heavy atom. The van der Waals surface area contributed by atoms with E-state index in [1.165, 1.54) is 0 Å². The van der Waals surface area contributed by atoms with Crippen LogP contribution in [0.5, 0.6) is 0 Å². The third kappa shape index (κ3) is 3.21. The van der Waals surface area contributed by atoms with Crippen LogP contribution in [0, 0.1) is 13.8 Å². The molecule has 2 aromatic rings. The molecule has 4 rings (SSSR count). The van der Waals surface area contributed by atoms with Gasteiger partial charge in [0.05, 0.1) is 6.54 Å². The summed E-state index contributed by atoms with van der Waals surface area (Å²) in [4.78, 5) is 8.84. The lowest BCUT2D eigenvalue weighted by molar-refractivity contribution is -0.146. The second-order valence-electron chi connectivity index (χ2n) is 6.86. The molecule has 1 atom stereocenters. The van der Waals surface area contributed by atoms with E-state index in [2.05, 4.69) is 32.1 Å². The van der Waals surface area contributed by atoms with E-state index in [1.807, 2.05) is 11.8 Å². The van der Waals surface area contributed by atoms with Gasteiger partial charge in [-0.3, -0.25) is 4.99 Å². The number of nitrogens with zero attached hydrogens (tertiary/aromatic N) is 7. The van der Waals surface area contributed by atoms with Crippen LogP contribution in [-0.4, -0.2) is 67.9 Å². The molecule has 1 saturated heterocycles. The van der Waals surface area contributed by atoms with Crippen LogP contribution in [0.3, 0.4) is 0 Å². The fourth-order valence-corrected chi connectivity index (χ4v) is 4.33. The van der Waals surface area contributed by atoms with Crippen molar-refractivity contribution in [3.63, 3.8) is 0 Å². The summed E-state index contributed by atoms with van der Waals surface area (Å²) in [6, 6.07) is 0. The molecule has 11 heteroatoms. The van der Waals surface area contributed by atoms with Crippen molar-refractivity contribution in [1.82, 2.24) is 24.7 Å². The number of hydrogen-bond acceptors (Lipinski definition) is 7. The van der Waals surface area contributed by atoms with Gasteiger partial charge >= 0.3 is 6.18 Å². The van der Waals surface area contributed by atoms with Gasteiger partial charge in [-0.25, -0.2) is 0 Å². The van der Waals surface area contributed by atoms with Crippen molar-refractivity contribution in [2.45, 2.75) is 32.2 Å². The van der Waals surface area contributed by atoms with Crippen molar-refractivity contribution in [2.24, 2.45) is 4.99 Å². The lowest BCUT2D eigenvalue weighted by atomic mass is 10.1. The molecule has 0 aromatic carbocycles. The van der Waals surface area contributed by atoms with Crippen molar-refractivity contribution in [1.29, 1.82) is 0 Å². The highest BCUT2D eigenvalue weighted by Gasteiger charge is 2.38. The van der Waals surface area contributed by atoms with Gasteiger partial charge in [-0.1, -0.05) is 18.7 Å². The maximum atomic E-state index is 13.2. The van der Waals surface area contributed by atoms with Gasteiger partial charge < -0.3 is 9.80 Å². The SMILES string of the molecule is Cc1c(N2CCN(C3=NCC(C)S3)CC2)nn2c(C(F)(F)F)nnc2c1C. The zero-order chi connectivity index (χ0) is 19.3. The third-order valence-electron chi connectivity index (χ3n) is 4.96. The summed E-state index contributed by atoms with van der Waals surface area (Å²) in [6.07, 6.45) is -4.60. The van der Waals surface area contributed by atoms with Gasteiger partial charge in [0.25, 0.3) is 5.82 Å². The number of rotatable bonds is 1. The summed E-state index contributed by atoms with van der Waals surface area (Å²) >= 11 is 1.78. The predicted molar refractivity (Wildman–Crippen MR) is 98.4 cm³/mol. The highest BCUT2D eigenvalue weighted by molar-refractivity contribution is 8.14. The smallest absolute Gasteiger partial charge is 0.351 e. The minimum atomic E-state index is -4.60. The Hall–Kier alpha value is -2.04. The Bertz CT molecular complexity index is 900. The Morgan fingerprint density at radius 3 is 2.26 bits per heavy atom. The molecule has 0 radical (unpaired) electrons. The molecular formula is C16H20F3N7S. The lowest BCUT2D eigenvalue weighted by Crippen LogP contribution is -2.48. The molecular weight excluding hydrogens is 379 g/mol. The molecule has 0 amide bonds. The molecule has 146 valence electrons. The van der Waals surface area contributed by atoms with Crippen LogP contribution in [0.2, 0.25) is 0 Å². The highest BCUT2D eigenvalue weighted by Crippen LogP contribution is 2.31. The normalized spacial score (nSPS) is 21.3. The van der Waals surface area contributed by atoms with Gasteiger partial charge in [0, 0.05) is 42.6 Å². The standard InChI is InChI=1S/C16H20F3N7S/c1-9-8-20-15(27-9)25-6-4-24(5-7-25)13-11(3)10(2)12-21-22-14(16(17,18)19)26(12)23-13/h9H,4-8H2,1-3H3. The lowest BCUT2D eigenvalue weighted by Gasteiger charge is -2.37. The summed E-state index contributed by atoms with van der Waals surface area (Å²) in [5, 5.41) is 12.8. The van der Waals surface area contributed by atoms with Crippen molar-refractivity contribution in [3.8, 4) is 0 Å².